The standard InChI is InChI=1S/C21H27N5O7S/c22-13(7-11-8-23-14-4-2-1-3-12(11)14)19(31)25-15(5-6-17(27)28)21(33)26-16(10-34)20(32)24-9-18(29)30/h1-4,8,13,15-16,23,34H,5-7,9-10,22H2,(H,24,32)(H,25,31)(H,26,33)(H,27,28)(H,29,30). The molecule has 12 nitrogen and oxygen atoms in total. The molecule has 0 fully saturated rings. The highest BCUT2D eigenvalue weighted by molar-refractivity contribution is 7.80. The monoisotopic (exact) mass is 493 g/mol. The molecule has 1 aromatic carbocycles. The summed E-state index contributed by atoms with van der Waals surface area (Å²) in [6.45, 7) is -0.652. The van der Waals surface area contributed by atoms with E-state index in [1.54, 1.807) is 6.20 Å². The van der Waals surface area contributed by atoms with Crippen molar-refractivity contribution in [3.8, 4) is 0 Å². The van der Waals surface area contributed by atoms with Crippen molar-refractivity contribution in [1.29, 1.82) is 0 Å². The molecule has 1 heterocycles. The summed E-state index contributed by atoms with van der Waals surface area (Å²) in [4.78, 5) is 62.2. The van der Waals surface area contributed by atoms with Gasteiger partial charge in [0.2, 0.25) is 17.7 Å². The van der Waals surface area contributed by atoms with Crippen LogP contribution in [0.1, 0.15) is 18.4 Å². The molecule has 0 radical (unpaired) electrons. The summed E-state index contributed by atoms with van der Waals surface area (Å²) in [6, 6.07) is 3.96. The van der Waals surface area contributed by atoms with Crippen LogP contribution in [-0.2, 0) is 30.4 Å². The zero-order valence-corrected chi connectivity index (χ0v) is 19.0. The number of thiol groups is 1. The molecule has 3 atom stereocenters. The number of carboxylic acid groups (broad SMARTS) is 2. The summed E-state index contributed by atoms with van der Waals surface area (Å²) in [7, 11) is 0. The third kappa shape index (κ3) is 7.78. The highest BCUT2D eigenvalue weighted by atomic mass is 32.1. The number of carboxylic acids is 2. The maximum absolute atomic E-state index is 12.7. The fourth-order valence-electron chi connectivity index (χ4n) is 3.20. The van der Waals surface area contributed by atoms with Crippen LogP contribution >= 0.6 is 12.6 Å². The van der Waals surface area contributed by atoms with Gasteiger partial charge in [-0.3, -0.25) is 24.0 Å². The van der Waals surface area contributed by atoms with Crippen molar-refractivity contribution in [2.75, 3.05) is 12.3 Å². The molecule has 0 saturated heterocycles. The number of hydrogen-bond acceptors (Lipinski definition) is 7. The van der Waals surface area contributed by atoms with E-state index >= 15 is 0 Å². The minimum absolute atomic E-state index is 0.156. The van der Waals surface area contributed by atoms with Crippen LogP contribution in [0.2, 0.25) is 0 Å². The molecule has 0 aliphatic rings. The van der Waals surface area contributed by atoms with Gasteiger partial charge in [0.15, 0.2) is 0 Å². The molecule has 0 aliphatic heterocycles. The van der Waals surface area contributed by atoms with Crippen LogP contribution in [0.3, 0.4) is 0 Å². The van der Waals surface area contributed by atoms with Crippen LogP contribution in [0.15, 0.2) is 30.5 Å². The molecule has 8 N–H and O–H groups in total. The van der Waals surface area contributed by atoms with Gasteiger partial charge >= 0.3 is 11.9 Å². The van der Waals surface area contributed by atoms with E-state index in [0.29, 0.717) is 0 Å². The number of amides is 3. The van der Waals surface area contributed by atoms with Crippen molar-refractivity contribution >= 4 is 53.2 Å². The lowest BCUT2D eigenvalue weighted by Crippen LogP contribution is -2.56. The van der Waals surface area contributed by atoms with Gasteiger partial charge in [-0.05, 0) is 24.5 Å². The average molecular weight is 494 g/mol. The Morgan fingerprint density at radius 3 is 2.29 bits per heavy atom. The van der Waals surface area contributed by atoms with E-state index in [9.17, 15) is 24.0 Å². The highest BCUT2D eigenvalue weighted by Crippen LogP contribution is 2.18. The zero-order valence-electron chi connectivity index (χ0n) is 18.1. The number of hydrogen-bond donors (Lipinski definition) is 8. The summed E-state index contributed by atoms with van der Waals surface area (Å²) < 4.78 is 0. The molecule has 13 heteroatoms. The second-order valence-electron chi connectivity index (χ2n) is 7.52. The third-order valence-electron chi connectivity index (χ3n) is 4.96. The Morgan fingerprint density at radius 1 is 0.971 bits per heavy atom. The minimum Gasteiger partial charge on any atom is -0.481 e. The third-order valence-corrected chi connectivity index (χ3v) is 5.33. The van der Waals surface area contributed by atoms with Gasteiger partial charge in [-0.1, -0.05) is 18.2 Å². The Bertz CT molecular complexity index is 1060. The summed E-state index contributed by atoms with van der Waals surface area (Å²) in [5.74, 6) is -4.89. The van der Waals surface area contributed by atoms with Crippen LogP contribution in [0.5, 0.6) is 0 Å². The quantitative estimate of drug-likeness (QED) is 0.162. The summed E-state index contributed by atoms with van der Waals surface area (Å²) in [6.07, 6.45) is 1.23. The molecule has 34 heavy (non-hydrogen) atoms. The number of aliphatic carboxylic acids is 2. The lowest BCUT2D eigenvalue weighted by molar-refractivity contribution is -0.138. The normalized spacial score (nSPS) is 13.5. The Morgan fingerprint density at radius 2 is 1.65 bits per heavy atom. The smallest absolute Gasteiger partial charge is 0.322 e. The Hall–Kier alpha value is -3.58. The van der Waals surface area contributed by atoms with Crippen molar-refractivity contribution in [2.45, 2.75) is 37.4 Å². The molecule has 0 aliphatic carbocycles. The molecule has 3 amide bonds. The maximum atomic E-state index is 12.7. The molecule has 0 spiro atoms. The number of H-pyrrole nitrogens is 1. The first kappa shape index (κ1) is 26.7. The topological polar surface area (TPSA) is 204 Å². The minimum atomic E-state index is -1.28. The Labute approximate surface area is 200 Å². The van der Waals surface area contributed by atoms with Gasteiger partial charge in [-0.25, -0.2) is 0 Å². The number of fused-ring (bicyclic) bond motifs is 1. The molecule has 2 aromatic rings. The molecule has 2 rings (SSSR count). The number of aromatic amines is 1. The van der Waals surface area contributed by atoms with Crippen LogP contribution in [0.4, 0.5) is 0 Å². The lowest BCUT2D eigenvalue weighted by atomic mass is 10.0. The van der Waals surface area contributed by atoms with Gasteiger partial charge in [-0.15, -0.1) is 0 Å². The van der Waals surface area contributed by atoms with E-state index in [0.717, 1.165) is 16.5 Å². The summed E-state index contributed by atoms with van der Waals surface area (Å²) >= 11 is 3.98. The predicted octanol–water partition coefficient (Wildman–Crippen LogP) is -0.997. The second kappa shape index (κ2) is 12.6. The van der Waals surface area contributed by atoms with E-state index in [1.807, 2.05) is 24.3 Å². The zero-order chi connectivity index (χ0) is 25.3. The Kier molecular flexibility index (Phi) is 9.89. The molecule has 0 bridgehead atoms. The fraction of sp³-hybridized carbons (Fsp3) is 0.381. The van der Waals surface area contributed by atoms with Crippen molar-refractivity contribution in [3.05, 3.63) is 36.0 Å². The van der Waals surface area contributed by atoms with Gasteiger partial charge in [-0.2, -0.15) is 12.6 Å². The number of carbonyl (C=O) groups is 5. The molecule has 0 saturated carbocycles. The summed E-state index contributed by atoms with van der Waals surface area (Å²) in [5.41, 5.74) is 7.72. The molecule has 1 aromatic heterocycles. The van der Waals surface area contributed by atoms with Gasteiger partial charge < -0.3 is 36.9 Å². The van der Waals surface area contributed by atoms with E-state index in [1.165, 1.54) is 0 Å². The number of aromatic nitrogens is 1. The van der Waals surface area contributed by atoms with Crippen molar-refractivity contribution in [1.82, 2.24) is 20.9 Å². The number of carbonyl (C=O) groups excluding carboxylic acids is 3. The van der Waals surface area contributed by atoms with Gasteiger partial charge in [0.05, 0.1) is 6.04 Å². The predicted molar refractivity (Wildman–Crippen MR) is 125 cm³/mol. The van der Waals surface area contributed by atoms with E-state index < -0.39 is 60.8 Å². The van der Waals surface area contributed by atoms with Crippen LogP contribution in [-0.4, -0.2) is 75.3 Å². The summed E-state index contributed by atoms with van der Waals surface area (Å²) in [5, 5.41) is 25.5. The maximum Gasteiger partial charge on any atom is 0.322 e. The van der Waals surface area contributed by atoms with E-state index in [2.05, 4.69) is 33.6 Å². The van der Waals surface area contributed by atoms with Crippen molar-refractivity contribution in [3.63, 3.8) is 0 Å². The SMILES string of the molecule is NC(Cc1c[nH]c2ccccc12)C(=O)NC(CCC(=O)O)C(=O)NC(CS)C(=O)NCC(=O)O. The van der Waals surface area contributed by atoms with Gasteiger partial charge in [0, 0.05) is 29.3 Å². The first-order valence-electron chi connectivity index (χ1n) is 10.4. The Balaban J connectivity index is 2.05. The van der Waals surface area contributed by atoms with Gasteiger partial charge in [0.1, 0.15) is 18.6 Å². The fourth-order valence-corrected chi connectivity index (χ4v) is 3.45. The number of rotatable bonds is 13. The number of nitrogens with two attached hydrogens (primary N) is 1. The largest absolute Gasteiger partial charge is 0.481 e. The van der Waals surface area contributed by atoms with E-state index in [-0.39, 0.29) is 18.6 Å². The molecular formula is C21H27N5O7S. The highest BCUT2D eigenvalue weighted by Gasteiger charge is 2.28. The van der Waals surface area contributed by atoms with Crippen molar-refractivity contribution < 1.29 is 34.2 Å². The number of para-hydroxylation sites is 1. The average Bonchev–Trinajstić information content (AvgIpc) is 3.20. The van der Waals surface area contributed by atoms with Crippen LogP contribution < -0.4 is 21.7 Å². The molecular weight excluding hydrogens is 466 g/mol. The van der Waals surface area contributed by atoms with Crippen LogP contribution in [0.25, 0.3) is 10.9 Å². The molecule has 184 valence electrons. The lowest BCUT2D eigenvalue weighted by Gasteiger charge is -2.23. The molecule has 3 unspecified atom stereocenters. The van der Waals surface area contributed by atoms with Crippen molar-refractivity contribution in [2.24, 2.45) is 5.73 Å². The first-order chi connectivity index (χ1) is 16.1. The number of benzene rings is 1. The number of nitrogens with one attached hydrogen (secondary N) is 4. The van der Waals surface area contributed by atoms with Gasteiger partial charge in [0.25, 0.3) is 0 Å². The second-order valence-corrected chi connectivity index (χ2v) is 7.88. The van der Waals surface area contributed by atoms with E-state index in [4.69, 9.17) is 15.9 Å². The van der Waals surface area contributed by atoms with Crippen LogP contribution in [0, 0.1) is 0 Å². The first-order valence-corrected chi connectivity index (χ1v) is 11.0.